The van der Waals surface area contributed by atoms with Crippen LogP contribution in [0.3, 0.4) is 0 Å². The summed E-state index contributed by atoms with van der Waals surface area (Å²) in [6.07, 6.45) is 0.938. The van der Waals surface area contributed by atoms with Gasteiger partial charge in [0, 0.05) is 5.02 Å². The molecule has 0 fully saturated rings. The largest absolute Gasteiger partial charge is 0.466 e. The number of esters is 1. The number of aryl methyl sites for hydroxylation is 2. The first-order chi connectivity index (χ1) is 16.3. The molecule has 0 radical (unpaired) electrons. The average Bonchev–Trinajstić information content (AvgIpc) is 3.05. The minimum atomic E-state index is -0.798. The van der Waals surface area contributed by atoms with E-state index in [0.717, 1.165) is 16.5 Å². The van der Waals surface area contributed by atoms with Crippen LogP contribution < -0.4 is 4.90 Å². The van der Waals surface area contributed by atoms with Gasteiger partial charge in [0.15, 0.2) is 0 Å². The number of rotatable bonds is 7. The number of hydrogen-bond acceptors (Lipinski definition) is 4. The molecule has 0 spiro atoms. The fourth-order valence-corrected chi connectivity index (χ4v) is 4.46. The zero-order chi connectivity index (χ0) is 24.4. The Labute approximate surface area is 206 Å². The monoisotopic (exact) mass is 499 g/mol. The summed E-state index contributed by atoms with van der Waals surface area (Å²) in [5.74, 6) is -2.62. The minimum absolute atomic E-state index is 0.0604. The van der Waals surface area contributed by atoms with Gasteiger partial charge in [-0.05, 0) is 66.8 Å². The summed E-state index contributed by atoms with van der Waals surface area (Å²) in [5.41, 5.74) is 2.03. The first-order valence-corrected chi connectivity index (χ1v) is 11.4. The second kappa shape index (κ2) is 9.95. The molecule has 0 aliphatic carbocycles. The number of fused-ring (bicyclic) bond motifs is 1. The van der Waals surface area contributed by atoms with Crippen molar-refractivity contribution in [2.24, 2.45) is 0 Å². The summed E-state index contributed by atoms with van der Waals surface area (Å²) >= 11 is 12.3. The lowest BCUT2D eigenvalue weighted by atomic mass is 9.97. The van der Waals surface area contributed by atoms with Crippen molar-refractivity contribution in [2.75, 3.05) is 11.5 Å². The molecule has 1 aliphatic heterocycles. The molecule has 1 heterocycles. The van der Waals surface area contributed by atoms with Gasteiger partial charge in [-0.15, -0.1) is 0 Å². The van der Waals surface area contributed by atoms with Crippen LogP contribution in [-0.2, 0) is 28.8 Å². The lowest BCUT2D eigenvalue weighted by Crippen LogP contribution is -2.30. The van der Waals surface area contributed by atoms with Crippen molar-refractivity contribution in [3.05, 3.63) is 98.3 Å². The Morgan fingerprint density at radius 1 is 0.941 bits per heavy atom. The molecular weight excluding hydrogens is 480 g/mol. The van der Waals surface area contributed by atoms with E-state index in [1.807, 2.05) is 18.2 Å². The third-order valence-corrected chi connectivity index (χ3v) is 6.10. The summed E-state index contributed by atoms with van der Waals surface area (Å²) in [6.45, 7) is 1.90. The Morgan fingerprint density at radius 3 is 2.41 bits per heavy atom. The molecule has 3 aromatic rings. The SMILES string of the molecule is CCOC(=O)Cc1ccc(N2C(=O)c3c(Cl)ccc(CCc4cccc(Cl)c4)c3C2=O)c(F)c1. The second-order valence-corrected chi connectivity index (χ2v) is 8.64. The van der Waals surface area contributed by atoms with Gasteiger partial charge in [0.05, 0.1) is 34.9 Å². The van der Waals surface area contributed by atoms with Crippen LogP contribution in [0.25, 0.3) is 0 Å². The predicted octanol–water partition coefficient (Wildman–Crippen LogP) is 5.82. The van der Waals surface area contributed by atoms with Crippen molar-refractivity contribution in [3.8, 4) is 0 Å². The number of amides is 2. The number of benzene rings is 3. The molecule has 3 aromatic carbocycles. The van der Waals surface area contributed by atoms with Crippen molar-refractivity contribution in [1.82, 2.24) is 0 Å². The fourth-order valence-electron chi connectivity index (χ4n) is 4.01. The molecule has 4 rings (SSSR count). The van der Waals surface area contributed by atoms with Crippen LogP contribution >= 0.6 is 23.2 Å². The van der Waals surface area contributed by atoms with E-state index in [4.69, 9.17) is 27.9 Å². The van der Waals surface area contributed by atoms with Gasteiger partial charge in [0.2, 0.25) is 0 Å². The molecule has 0 unspecified atom stereocenters. The van der Waals surface area contributed by atoms with Crippen molar-refractivity contribution in [2.45, 2.75) is 26.2 Å². The molecule has 0 saturated carbocycles. The van der Waals surface area contributed by atoms with Crippen LogP contribution in [0.15, 0.2) is 54.6 Å². The van der Waals surface area contributed by atoms with Crippen molar-refractivity contribution in [1.29, 1.82) is 0 Å². The number of carbonyl (C=O) groups excluding carboxylic acids is 3. The number of ether oxygens (including phenoxy) is 1. The number of nitrogens with zero attached hydrogens (tertiary/aromatic N) is 1. The molecular formula is C26H20Cl2FNO4. The normalized spacial score (nSPS) is 12.8. The number of carbonyl (C=O) groups is 3. The van der Waals surface area contributed by atoms with Crippen LogP contribution in [-0.4, -0.2) is 24.4 Å². The first kappa shape index (κ1) is 23.9. The van der Waals surface area contributed by atoms with Gasteiger partial charge < -0.3 is 4.74 Å². The number of hydrogen-bond donors (Lipinski definition) is 0. The van der Waals surface area contributed by atoms with Crippen LogP contribution in [0.5, 0.6) is 0 Å². The highest BCUT2D eigenvalue weighted by molar-refractivity contribution is 6.42. The zero-order valence-corrected chi connectivity index (χ0v) is 19.8. The lowest BCUT2D eigenvalue weighted by Gasteiger charge is -2.16. The summed E-state index contributed by atoms with van der Waals surface area (Å²) in [6, 6.07) is 14.6. The summed E-state index contributed by atoms with van der Waals surface area (Å²) < 4.78 is 19.9. The van der Waals surface area contributed by atoms with E-state index in [-0.39, 0.29) is 34.9 Å². The van der Waals surface area contributed by atoms with Crippen LogP contribution in [0, 0.1) is 5.82 Å². The highest BCUT2D eigenvalue weighted by Crippen LogP contribution is 2.36. The quantitative estimate of drug-likeness (QED) is 0.303. The predicted molar refractivity (Wildman–Crippen MR) is 128 cm³/mol. The number of imide groups is 1. The lowest BCUT2D eigenvalue weighted by molar-refractivity contribution is -0.142. The molecule has 0 bridgehead atoms. The molecule has 1 aliphatic rings. The van der Waals surface area contributed by atoms with Crippen molar-refractivity contribution < 1.29 is 23.5 Å². The molecule has 5 nitrogen and oxygen atoms in total. The maximum atomic E-state index is 15.0. The van der Waals surface area contributed by atoms with Gasteiger partial charge in [0.1, 0.15) is 5.82 Å². The summed E-state index contributed by atoms with van der Waals surface area (Å²) in [5, 5.41) is 0.736. The van der Waals surface area contributed by atoms with Gasteiger partial charge in [-0.2, -0.15) is 0 Å². The van der Waals surface area contributed by atoms with Gasteiger partial charge in [-0.3, -0.25) is 14.4 Å². The second-order valence-electron chi connectivity index (χ2n) is 7.80. The Kier molecular flexibility index (Phi) is 7.00. The third kappa shape index (κ3) is 4.69. The number of anilines is 1. The van der Waals surface area contributed by atoms with Crippen molar-refractivity contribution >= 4 is 46.7 Å². The van der Waals surface area contributed by atoms with Gasteiger partial charge in [-0.1, -0.05) is 47.5 Å². The van der Waals surface area contributed by atoms with Crippen LogP contribution in [0.4, 0.5) is 10.1 Å². The molecule has 0 N–H and O–H groups in total. The van der Waals surface area contributed by atoms with Gasteiger partial charge in [-0.25, -0.2) is 9.29 Å². The van der Waals surface area contributed by atoms with Crippen molar-refractivity contribution in [3.63, 3.8) is 0 Å². The van der Waals surface area contributed by atoms with E-state index in [1.54, 1.807) is 25.1 Å². The molecule has 34 heavy (non-hydrogen) atoms. The maximum Gasteiger partial charge on any atom is 0.310 e. The Morgan fingerprint density at radius 2 is 1.71 bits per heavy atom. The van der Waals surface area contributed by atoms with E-state index in [9.17, 15) is 18.8 Å². The summed E-state index contributed by atoms with van der Waals surface area (Å²) in [7, 11) is 0. The topological polar surface area (TPSA) is 63.7 Å². The smallest absolute Gasteiger partial charge is 0.310 e. The van der Waals surface area contributed by atoms with E-state index >= 15 is 0 Å². The first-order valence-electron chi connectivity index (χ1n) is 10.7. The van der Waals surface area contributed by atoms with Crippen LogP contribution in [0.2, 0.25) is 10.0 Å². The standard InChI is InChI=1S/C26H20Cl2FNO4/c1-2-34-22(31)14-16-7-11-21(20(29)13-16)30-25(32)23-17(9-10-19(28)24(23)26(30)33)8-6-15-4-3-5-18(27)12-15/h3-5,7,9-13H,2,6,8,14H2,1H3. The van der Waals surface area contributed by atoms with E-state index in [2.05, 4.69) is 0 Å². The Bertz CT molecular complexity index is 1310. The van der Waals surface area contributed by atoms with Crippen LogP contribution in [0.1, 0.15) is 44.3 Å². The zero-order valence-electron chi connectivity index (χ0n) is 18.2. The molecule has 8 heteroatoms. The molecule has 2 amide bonds. The van der Waals surface area contributed by atoms with E-state index in [0.29, 0.717) is 29.0 Å². The minimum Gasteiger partial charge on any atom is -0.466 e. The van der Waals surface area contributed by atoms with E-state index in [1.165, 1.54) is 12.1 Å². The highest BCUT2D eigenvalue weighted by atomic mass is 35.5. The average molecular weight is 500 g/mol. The van der Waals surface area contributed by atoms with Gasteiger partial charge in [0.25, 0.3) is 11.8 Å². The number of halogens is 3. The van der Waals surface area contributed by atoms with Gasteiger partial charge >= 0.3 is 5.97 Å². The maximum absolute atomic E-state index is 15.0. The van der Waals surface area contributed by atoms with E-state index < -0.39 is 23.6 Å². The molecule has 0 aromatic heterocycles. The summed E-state index contributed by atoms with van der Waals surface area (Å²) in [4.78, 5) is 39.0. The molecule has 174 valence electrons. The highest BCUT2D eigenvalue weighted by Gasteiger charge is 2.41. The Hall–Kier alpha value is -3.22. The molecule has 0 saturated heterocycles. The third-order valence-electron chi connectivity index (χ3n) is 5.55. The fraction of sp³-hybridized carbons (Fsp3) is 0.192. The molecule has 0 atom stereocenters. The Balaban J connectivity index is 1.63.